The van der Waals surface area contributed by atoms with Crippen molar-refractivity contribution in [3.63, 3.8) is 0 Å². The number of hydrogen-bond donors (Lipinski definition) is 1. The minimum Gasteiger partial charge on any atom is -0.376 e. The summed E-state index contributed by atoms with van der Waals surface area (Å²) in [5.41, 5.74) is 1.11. The minimum absolute atomic E-state index is 0.0537. The van der Waals surface area contributed by atoms with Crippen LogP contribution >= 0.6 is 0 Å². The Morgan fingerprint density at radius 3 is 2.73 bits per heavy atom. The van der Waals surface area contributed by atoms with Crippen LogP contribution in [0.4, 0.5) is 0 Å². The van der Waals surface area contributed by atoms with Crippen LogP contribution in [-0.2, 0) is 14.8 Å². The van der Waals surface area contributed by atoms with Crippen molar-refractivity contribution in [2.75, 3.05) is 27.2 Å². The Balaban J connectivity index is 2.17. The predicted molar refractivity (Wildman–Crippen MR) is 83.4 cm³/mol. The van der Waals surface area contributed by atoms with Crippen LogP contribution in [0.5, 0.6) is 0 Å². The summed E-state index contributed by atoms with van der Waals surface area (Å²) in [7, 11) is -0.622. The molecule has 1 fully saturated rings. The zero-order valence-corrected chi connectivity index (χ0v) is 13.9. The molecule has 2 rings (SSSR count). The molecule has 1 aromatic rings. The molecule has 0 radical (unpaired) electrons. The monoisotopic (exact) mass is 326 g/mol. The maximum atomic E-state index is 12.3. The number of sulfonamides is 1. The van der Waals surface area contributed by atoms with E-state index in [0.717, 1.165) is 29.3 Å². The third-order valence-electron chi connectivity index (χ3n) is 3.75. The van der Waals surface area contributed by atoms with Crippen molar-refractivity contribution in [1.29, 1.82) is 0 Å². The van der Waals surface area contributed by atoms with Crippen molar-refractivity contribution < 1.29 is 17.9 Å². The van der Waals surface area contributed by atoms with Crippen LogP contribution in [0.3, 0.4) is 0 Å². The number of nitrogens with zero attached hydrogens (tertiary/aromatic N) is 1. The Labute approximate surface area is 131 Å². The zero-order valence-electron chi connectivity index (χ0n) is 13.1. The highest BCUT2D eigenvalue weighted by molar-refractivity contribution is 7.89. The quantitative estimate of drug-likeness (QED) is 0.881. The molecule has 1 atom stereocenters. The van der Waals surface area contributed by atoms with Gasteiger partial charge in [0.1, 0.15) is 0 Å². The highest BCUT2D eigenvalue weighted by Gasteiger charge is 2.21. The summed E-state index contributed by atoms with van der Waals surface area (Å²) in [5.74, 6) is -0.274. The molecule has 1 N–H and O–H groups in total. The minimum atomic E-state index is -3.55. The topological polar surface area (TPSA) is 75.7 Å². The van der Waals surface area contributed by atoms with E-state index < -0.39 is 10.0 Å². The lowest BCUT2D eigenvalue weighted by molar-refractivity contribution is 0.0857. The molecule has 0 saturated carbocycles. The summed E-state index contributed by atoms with van der Waals surface area (Å²) in [6, 6.07) is 4.59. The van der Waals surface area contributed by atoms with E-state index in [-0.39, 0.29) is 16.9 Å². The number of hydrogen-bond acceptors (Lipinski definition) is 4. The Kier molecular flexibility index (Phi) is 5.20. The first-order valence-corrected chi connectivity index (χ1v) is 8.69. The Morgan fingerprint density at radius 1 is 1.41 bits per heavy atom. The van der Waals surface area contributed by atoms with Gasteiger partial charge in [0.25, 0.3) is 5.91 Å². The number of carbonyl (C=O) groups excluding carboxylic acids is 1. The molecule has 1 amide bonds. The smallest absolute Gasteiger partial charge is 0.251 e. The molecule has 1 aliphatic heterocycles. The van der Waals surface area contributed by atoms with E-state index in [1.807, 2.05) is 0 Å². The molecule has 6 nitrogen and oxygen atoms in total. The molecule has 0 bridgehead atoms. The lowest BCUT2D eigenvalue weighted by Crippen LogP contribution is -2.32. The van der Waals surface area contributed by atoms with Crippen molar-refractivity contribution in [3.05, 3.63) is 29.3 Å². The van der Waals surface area contributed by atoms with E-state index in [4.69, 9.17) is 4.74 Å². The Hall–Kier alpha value is -1.44. The summed E-state index contributed by atoms with van der Waals surface area (Å²) in [4.78, 5) is 12.4. The molecule has 0 spiro atoms. The molecule has 1 heterocycles. The maximum Gasteiger partial charge on any atom is 0.251 e. The number of rotatable bonds is 5. The van der Waals surface area contributed by atoms with Gasteiger partial charge in [-0.2, -0.15) is 0 Å². The summed E-state index contributed by atoms with van der Waals surface area (Å²) in [6.07, 6.45) is 2.00. The normalized spacial score (nSPS) is 18.6. The fourth-order valence-electron chi connectivity index (χ4n) is 2.32. The molecule has 1 saturated heterocycles. The average Bonchev–Trinajstić information content (AvgIpc) is 2.98. The molecule has 0 aliphatic carbocycles. The summed E-state index contributed by atoms with van der Waals surface area (Å²) >= 11 is 0. The van der Waals surface area contributed by atoms with Crippen LogP contribution in [-0.4, -0.2) is 52.0 Å². The van der Waals surface area contributed by atoms with Crippen LogP contribution in [0.15, 0.2) is 23.1 Å². The first-order valence-electron chi connectivity index (χ1n) is 7.25. The highest BCUT2D eigenvalue weighted by Crippen LogP contribution is 2.18. The van der Waals surface area contributed by atoms with Crippen molar-refractivity contribution in [3.8, 4) is 0 Å². The lowest BCUT2D eigenvalue weighted by atomic mass is 10.1. The lowest BCUT2D eigenvalue weighted by Gasteiger charge is -2.15. The van der Waals surface area contributed by atoms with Crippen molar-refractivity contribution in [1.82, 2.24) is 9.62 Å². The third-order valence-corrected chi connectivity index (χ3v) is 5.56. The molecule has 0 aromatic heterocycles. The third kappa shape index (κ3) is 3.66. The van der Waals surface area contributed by atoms with Gasteiger partial charge in [-0.3, -0.25) is 4.79 Å². The van der Waals surface area contributed by atoms with Crippen LogP contribution in [0.2, 0.25) is 0 Å². The standard InChI is InChI=1S/C15H22N2O4S/c1-11-6-7-13(22(19,20)17(2)3)9-14(11)15(18)16-10-12-5-4-8-21-12/h6-7,9,12H,4-5,8,10H2,1-3H3,(H,16,18). The molecule has 1 aromatic carbocycles. The SMILES string of the molecule is Cc1ccc(S(=O)(=O)N(C)C)cc1C(=O)NCC1CCCO1. The summed E-state index contributed by atoms with van der Waals surface area (Å²) in [5, 5.41) is 2.82. The van der Waals surface area contributed by atoms with Crippen molar-refractivity contribution >= 4 is 15.9 Å². The fourth-order valence-corrected chi connectivity index (χ4v) is 3.25. The first-order chi connectivity index (χ1) is 10.3. The van der Waals surface area contributed by atoms with Gasteiger partial charge in [0.2, 0.25) is 10.0 Å². The van der Waals surface area contributed by atoms with Gasteiger partial charge < -0.3 is 10.1 Å². The maximum absolute atomic E-state index is 12.3. The van der Waals surface area contributed by atoms with E-state index in [9.17, 15) is 13.2 Å². The van der Waals surface area contributed by atoms with E-state index in [1.54, 1.807) is 13.0 Å². The second kappa shape index (κ2) is 6.76. The molecular weight excluding hydrogens is 304 g/mol. The average molecular weight is 326 g/mol. The predicted octanol–water partition coefficient (Wildman–Crippen LogP) is 1.15. The van der Waals surface area contributed by atoms with Crippen LogP contribution in [0.25, 0.3) is 0 Å². The molecule has 1 aliphatic rings. The Bertz CT molecular complexity index is 650. The van der Waals surface area contributed by atoms with Crippen LogP contribution in [0.1, 0.15) is 28.8 Å². The van der Waals surface area contributed by atoms with Gasteiger partial charge >= 0.3 is 0 Å². The van der Waals surface area contributed by atoms with E-state index in [1.165, 1.54) is 26.2 Å². The highest BCUT2D eigenvalue weighted by atomic mass is 32.2. The second-order valence-corrected chi connectivity index (χ2v) is 7.76. The second-order valence-electron chi connectivity index (χ2n) is 5.61. The number of ether oxygens (including phenoxy) is 1. The number of amides is 1. The van der Waals surface area contributed by atoms with Gasteiger partial charge in [0.15, 0.2) is 0 Å². The summed E-state index contributed by atoms with van der Waals surface area (Å²) < 4.78 is 30.9. The number of aryl methyl sites for hydroxylation is 1. The van der Waals surface area contributed by atoms with Crippen LogP contribution < -0.4 is 5.32 Å². The van der Waals surface area contributed by atoms with Gasteiger partial charge in [-0.05, 0) is 37.5 Å². The molecule has 1 unspecified atom stereocenters. The van der Waals surface area contributed by atoms with E-state index in [2.05, 4.69) is 5.32 Å². The van der Waals surface area contributed by atoms with Crippen molar-refractivity contribution in [2.24, 2.45) is 0 Å². The van der Waals surface area contributed by atoms with Gasteiger partial charge in [0, 0.05) is 32.8 Å². The van der Waals surface area contributed by atoms with Gasteiger partial charge in [0.05, 0.1) is 11.0 Å². The van der Waals surface area contributed by atoms with Crippen molar-refractivity contribution in [2.45, 2.75) is 30.8 Å². The fraction of sp³-hybridized carbons (Fsp3) is 0.533. The van der Waals surface area contributed by atoms with Gasteiger partial charge in [-0.25, -0.2) is 12.7 Å². The summed E-state index contributed by atoms with van der Waals surface area (Å²) in [6.45, 7) is 2.96. The van der Waals surface area contributed by atoms with E-state index in [0.29, 0.717) is 12.1 Å². The first kappa shape index (κ1) is 16.9. The van der Waals surface area contributed by atoms with Gasteiger partial charge in [-0.15, -0.1) is 0 Å². The van der Waals surface area contributed by atoms with E-state index >= 15 is 0 Å². The molecule has 7 heteroatoms. The van der Waals surface area contributed by atoms with Gasteiger partial charge in [-0.1, -0.05) is 6.07 Å². The number of benzene rings is 1. The Morgan fingerprint density at radius 2 is 2.14 bits per heavy atom. The number of nitrogens with one attached hydrogen (secondary N) is 1. The largest absolute Gasteiger partial charge is 0.376 e. The molecular formula is C15H22N2O4S. The number of carbonyl (C=O) groups is 1. The zero-order chi connectivity index (χ0) is 16.3. The van der Waals surface area contributed by atoms with Crippen LogP contribution in [0, 0.1) is 6.92 Å². The molecule has 122 valence electrons. The molecule has 22 heavy (non-hydrogen) atoms.